The summed E-state index contributed by atoms with van der Waals surface area (Å²) in [7, 11) is 1.83. The Morgan fingerprint density at radius 1 is 1.19 bits per heavy atom. The molecular weight excluding hydrogens is 468 g/mol. The fourth-order valence-corrected chi connectivity index (χ4v) is 4.84. The Labute approximate surface area is 219 Å². The van der Waals surface area contributed by atoms with Crippen LogP contribution in [0.25, 0.3) is 11.3 Å². The molecule has 2 aromatic rings. The lowest BCUT2D eigenvalue weighted by molar-refractivity contribution is -0.134. The van der Waals surface area contributed by atoms with Crippen molar-refractivity contribution in [3.05, 3.63) is 30.3 Å². The summed E-state index contributed by atoms with van der Waals surface area (Å²) >= 11 is 0. The number of nitrogens with one attached hydrogen (secondary N) is 2. The molecule has 9 heteroatoms. The summed E-state index contributed by atoms with van der Waals surface area (Å²) in [5, 5.41) is 6.06. The normalized spacial score (nSPS) is 18.9. The Bertz CT molecular complexity index is 1140. The van der Waals surface area contributed by atoms with Crippen molar-refractivity contribution >= 4 is 35.1 Å². The van der Waals surface area contributed by atoms with Crippen molar-refractivity contribution < 1.29 is 14.3 Å². The molecule has 0 spiro atoms. The van der Waals surface area contributed by atoms with E-state index in [9.17, 15) is 9.59 Å². The fraction of sp³-hybridized carbons (Fsp3) is 0.500. The molecule has 0 saturated carbocycles. The van der Waals surface area contributed by atoms with Crippen molar-refractivity contribution in [3.63, 3.8) is 0 Å². The molecule has 3 heterocycles. The van der Waals surface area contributed by atoms with Crippen LogP contribution in [-0.2, 0) is 9.59 Å². The number of amides is 2. The Kier molecular flexibility index (Phi) is 8.31. The maximum absolute atomic E-state index is 12.3. The second-order valence-corrected chi connectivity index (χ2v) is 9.95. The predicted molar refractivity (Wildman–Crippen MR) is 148 cm³/mol. The number of hydrogen-bond acceptors (Lipinski definition) is 7. The number of aliphatic imine (C=N–C) groups is 1. The summed E-state index contributed by atoms with van der Waals surface area (Å²) in [5.41, 5.74) is 4.32. The van der Waals surface area contributed by atoms with Crippen LogP contribution in [-0.4, -0.2) is 73.8 Å². The minimum Gasteiger partial charge on any atom is -0.473 e. The molecule has 2 aliphatic rings. The van der Waals surface area contributed by atoms with E-state index in [0.29, 0.717) is 18.8 Å². The van der Waals surface area contributed by atoms with Crippen LogP contribution in [0.1, 0.15) is 34.1 Å². The number of carbonyl (C=O) groups is 2. The maximum Gasteiger partial charge on any atom is 0.240 e. The van der Waals surface area contributed by atoms with Gasteiger partial charge < -0.3 is 25.2 Å². The van der Waals surface area contributed by atoms with E-state index in [-0.39, 0.29) is 29.8 Å². The second kappa shape index (κ2) is 11.6. The molecule has 2 aliphatic heterocycles. The van der Waals surface area contributed by atoms with Crippen molar-refractivity contribution in [1.29, 1.82) is 0 Å². The van der Waals surface area contributed by atoms with E-state index >= 15 is 0 Å². The number of aromatic nitrogens is 1. The zero-order valence-electron chi connectivity index (χ0n) is 22.5. The number of hydrogen-bond donors (Lipinski definition) is 2. The van der Waals surface area contributed by atoms with Crippen molar-refractivity contribution in [2.45, 2.75) is 40.2 Å². The highest BCUT2D eigenvalue weighted by molar-refractivity contribution is 5.81. The molecule has 2 saturated heterocycles. The van der Waals surface area contributed by atoms with Crippen LogP contribution < -0.4 is 20.3 Å². The van der Waals surface area contributed by atoms with Crippen LogP contribution in [0.15, 0.2) is 35.3 Å². The summed E-state index contributed by atoms with van der Waals surface area (Å²) in [6.07, 6.45) is 2.02. The average molecular weight is 507 g/mol. The van der Waals surface area contributed by atoms with Gasteiger partial charge in [-0.2, -0.15) is 0 Å². The third-order valence-electron chi connectivity index (χ3n) is 7.07. The highest BCUT2D eigenvalue weighted by Gasteiger charge is 2.29. The molecular formula is C28H38N6O3. The van der Waals surface area contributed by atoms with Gasteiger partial charge in [-0.15, -0.1) is 0 Å². The molecule has 1 aromatic carbocycles. The van der Waals surface area contributed by atoms with E-state index in [0.717, 1.165) is 54.5 Å². The number of benzene rings is 1. The van der Waals surface area contributed by atoms with Gasteiger partial charge in [-0.05, 0) is 32.0 Å². The minimum absolute atomic E-state index is 0.0312. The van der Waals surface area contributed by atoms with E-state index in [4.69, 9.17) is 9.72 Å². The van der Waals surface area contributed by atoms with E-state index in [1.54, 1.807) is 6.21 Å². The fourth-order valence-electron chi connectivity index (χ4n) is 4.84. The Morgan fingerprint density at radius 2 is 1.89 bits per heavy atom. The van der Waals surface area contributed by atoms with Gasteiger partial charge in [0.25, 0.3) is 0 Å². The molecule has 0 unspecified atom stereocenters. The number of rotatable bonds is 8. The van der Waals surface area contributed by atoms with E-state index < -0.39 is 0 Å². The van der Waals surface area contributed by atoms with Crippen LogP contribution >= 0.6 is 0 Å². The molecule has 198 valence electrons. The molecule has 2 atom stereocenters. The van der Waals surface area contributed by atoms with Crippen molar-refractivity contribution in [3.8, 4) is 17.1 Å². The predicted octanol–water partition coefficient (Wildman–Crippen LogP) is 3.72. The van der Waals surface area contributed by atoms with Gasteiger partial charge in [0.2, 0.25) is 17.7 Å². The lowest BCUT2D eigenvalue weighted by Gasteiger charge is -2.37. The highest BCUT2D eigenvalue weighted by Crippen LogP contribution is 2.38. The summed E-state index contributed by atoms with van der Waals surface area (Å²) < 4.78 is 6.30. The molecule has 37 heavy (non-hydrogen) atoms. The van der Waals surface area contributed by atoms with Gasteiger partial charge in [-0.1, -0.05) is 26.0 Å². The number of carbonyl (C=O) groups excluding carboxylic acids is 2. The average Bonchev–Trinajstić information content (AvgIpc) is 3.35. The Hall–Kier alpha value is -3.62. The van der Waals surface area contributed by atoms with Crippen molar-refractivity contribution in [2.75, 3.05) is 50.0 Å². The molecule has 1 aromatic heterocycles. The number of nitrogens with zero attached hydrogens (tertiary/aromatic N) is 4. The first-order valence-electron chi connectivity index (χ1n) is 13.1. The number of anilines is 2. The molecule has 9 nitrogen and oxygen atoms in total. The summed E-state index contributed by atoms with van der Waals surface area (Å²) in [6, 6.07) is 10.3. The van der Waals surface area contributed by atoms with Crippen molar-refractivity contribution in [2.24, 2.45) is 16.8 Å². The monoisotopic (exact) mass is 506 g/mol. The van der Waals surface area contributed by atoms with Gasteiger partial charge in [0.05, 0.1) is 11.4 Å². The standard InChI is InChI=1S/C28H38N6O3/c1-6-30-24-16-23(32-27(26(24)29-5)37-19(4)21-15-25(35)31-17-21)20-7-9-22(10-8-20)33-11-13-34(14-12-33)28(36)18(2)3/h6-10,16,18-19,21,29H,11-15,17H2,1-5H3,(H,31,35)/t19-,21-/m1/s1. The van der Waals surface area contributed by atoms with Crippen LogP contribution in [0.4, 0.5) is 17.1 Å². The van der Waals surface area contributed by atoms with Crippen LogP contribution in [0.2, 0.25) is 0 Å². The van der Waals surface area contributed by atoms with E-state index in [2.05, 4.69) is 44.8 Å². The largest absolute Gasteiger partial charge is 0.473 e. The topological polar surface area (TPSA) is 99.2 Å². The third-order valence-corrected chi connectivity index (χ3v) is 7.07. The van der Waals surface area contributed by atoms with Gasteiger partial charge >= 0.3 is 0 Å². The van der Waals surface area contributed by atoms with Gasteiger partial charge in [0.1, 0.15) is 11.8 Å². The molecule has 0 radical (unpaired) electrons. The Morgan fingerprint density at radius 3 is 2.46 bits per heavy atom. The SMILES string of the molecule is CC=Nc1cc(-c2ccc(N3CCN(C(=O)C(C)C)CC3)cc2)nc(O[C@H](C)[C@H]2CNC(=O)C2)c1NC. The van der Waals surface area contributed by atoms with Crippen LogP contribution in [0.3, 0.4) is 0 Å². The minimum atomic E-state index is -0.184. The van der Waals surface area contributed by atoms with Crippen molar-refractivity contribution in [1.82, 2.24) is 15.2 Å². The maximum atomic E-state index is 12.3. The number of ether oxygens (including phenoxy) is 1. The molecule has 2 N–H and O–H groups in total. The first-order valence-corrected chi connectivity index (χ1v) is 13.1. The van der Waals surface area contributed by atoms with Crippen LogP contribution in [0, 0.1) is 11.8 Å². The number of pyridine rings is 1. The third kappa shape index (κ3) is 6.03. The second-order valence-electron chi connectivity index (χ2n) is 9.95. The smallest absolute Gasteiger partial charge is 0.240 e. The van der Waals surface area contributed by atoms with E-state index in [1.807, 2.05) is 45.7 Å². The molecule has 4 rings (SSSR count). The lowest BCUT2D eigenvalue weighted by atomic mass is 10.0. The zero-order chi connectivity index (χ0) is 26.5. The van der Waals surface area contributed by atoms with Gasteiger partial charge in [0, 0.05) is 75.5 Å². The highest BCUT2D eigenvalue weighted by atomic mass is 16.5. The molecule has 0 bridgehead atoms. The molecule has 2 amide bonds. The first-order chi connectivity index (χ1) is 17.8. The number of piperazine rings is 1. The summed E-state index contributed by atoms with van der Waals surface area (Å²) in [4.78, 5) is 37.7. The zero-order valence-corrected chi connectivity index (χ0v) is 22.5. The molecule has 2 fully saturated rings. The quantitative estimate of drug-likeness (QED) is 0.530. The van der Waals surface area contributed by atoms with Gasteiger partial charge in [0.15, 0.2) is 0 Å². The van der Waals surface area contributed by atoms with E-state index in [1.165, 1.54) is 0 Å². The first kappa shape index (κ1) is 26.4. The molecule has 0 aliphatic carbocycles. The lowest BCUT2D eigenvalue weighted by Crippen LogP contribution is -2.49. The summed E-state index contributed by atoms with van der Waals surface area (Å²) in [6.45, 7) is 11.5. The van der Waals surface area contributed by atoms with Gasteiger partial charge in [-0.3, -0.25) is 14.6 Å². The van der Waals surface area contributed by atoms with Gasteiger partial charge in [-0.25, -0.2) is 4.98 Å². The Balaban J connectivity index is 1.54. The summed E-state index contributed by atoms with van der Waals surface area (Å²) in [5.74, 6) is 0.877. The van der Waals surface area contributed by atoms with Crippen LogP contribution in [0.5, 0.6) is 5.88 Å².